The number of carbonyl (C=O) groups excluding carboxylic acids is 1. The van der Waals surface area contributed by atoms with Gasteiger partial charge in [0.05, 0.1) is 16.0 Å². The van der Waals surface area contributed by atoms with Crippen LogP contribution >= 0.6 is 15.9 Å². The molecule has 0 amide bonds. The maximum absolute atomic E-state index is 13.0. The second-order valence-corrected chi connectivity index (χ2v) is 9.11. The van der Waals surface area contributed by atoms with E-state index in [2.05, 4.69) is 20.3 Å². The topological polar surface area (TPSA) is 72.8 Å². The van der Waals surface area contributed by atoms with Crippen molar-refractivity contribution in [2.75, 3.05) is 6.61 Å². The van der Waals surface area contributed by atoms with Crippen LogP contribution in [0.2, 0.25) is 0 Å². The molecule has 0 aliphatic heterocycles. The van der Waals surface area contributed by atoms with Crippen LogP contribution < -0.4 is 0 Å². The molecule has 0 N–H and O–H groups in total. The summed E-state index contributed by atoms with van der Waals surface area (Å²) in [5.41, 5.74) is 1.89. The van der Waals surface area contributed by atoms with E-state index in [1.54, 1.807) is 43.3 Å². The number of sulfonamides is 1. The van der Waals surface area contributed by atoms with Gasteiger partial charge in [-0.1, -0.05) is 61.4 Å². The second kappa shape index (κ2) is 11.2. The molecule has 0 radical (unpaired) electrons. The number of Topliss-reactive ketones (excluding diaryl/α,β-unsaturated/α-hetero) is 1. The molecular formula is C23H26BrNO4S. The van der Waals surface area contributed by atoms with E-state index in [1.807, 2.05) is 19.9 Å². The molecule has 0 saturated heterocycles. The van der Waals surface area contributed by atoms with Crippen LogP contribution in [0.3, 0.4) is 0 Å². The van der Waals surface area contributed by atoms with Crippen molar-refractivity contribution in [2.45, 2.75) is 44.9 Å². The largest absolute Gasteiger partial charge is 0.477 e. The van der Waals surface area contributed by atoms with Gasteiger partial charge < -0.3 is 4.74 Å². The normalized spacial score (nSPS) is 13.0. The third-order valence-corrected chi connectivity index (χ3v) is 6.45. The molecule has 0 aliphatic rings. The lowest BCUT2D eigenvalue weighted by Gasteiger charge is -2.14. The molecule has 0 aliphatic carbocycles. The number of ether oxygens (including phenoxy) is 1. The van der Waals surface area contributed by atoms with E-state index >= 15 is 0 Å². The van der Waals surface area contributed by atoms with Crippen LogP contribution in [-0.2, 0) is 14.8 Å². The number of benzene rings is 2. The van der Waals surface area contributed by atoms with Crippen LogP contribution in [0.5, 0.6) is 0 Å². The fourth-order valence-corrected chi connectivity index (χ4v) is 4.26. The highest BCUT2D eigenvalue weighted by Gasteiger charge is 2.23. The van der Waals surface area contributed by atoms with Crippen molar-refractivity contribution in [1.29, 1.82) is 0 Å². The van der Waals surface area contributed by atoms with Gasteiger partial charge in [0.25, 0.3) is 10.0 Å². The molecule has 160 valence electrons. The minimum atomic E-state index is -4.00. The van der Waals surface area contributed by atoms with Crippen LogP contribution in [0.1, 0.15) is 49.0 Å². The Morgan fingerprint density at radius 2 is 1.67 bits per heavy atom. The number of aryl methyl sites for hydroxylation is 1. The summed E-state index contributed by atoms with van der Waals surface area (Å²) in [5.74, 6) is -0.301. The minimum absolute atomic E-state index is 0.0531. The summed E-state index contributed by atoms with van der Waals surface area (Å²) < 4.78 is 35.6. The zero-order valence-corrected chi connectivity index (χ0v) is 19.8. The molecule has 0 saturated carbocycles. The second-order valence-electron chi connectivity index (χ2n) is 6.71. The molecule has 0 unspecified atom stereocenters. The van der Waals surface area contributed by atoms with E-state index in [9.17, 15) is 13.2 Å². The van der Waals surface area contributed by atoms with Crippen molar-refractivity contribution in [3.8, 4) is 0 Å². The quantitative estimate of drug-likeness (QED) is 0.191. The van der Waals surface area contributed by atoms with Crippen LogP contribution in [0.15, 0.2) is 73.9 Å². The summed E-state index contributed by atoms with van der Waals surface area (Å²) in [6, 6.07) is 15.2. The number of halogens is 1. The zero-order valence-electron chi connectivity index (χ0n) is 17.4. The van der Waals surface area contributed by atoms with E-state index < -0.39 is 10.0 Å². The Balaban J connectivity index is 2.58. The van der Waals surface area contributed by atoms with Crippen molar-refractivity contribution in [2.24, 2.45) is 4.40 Å². The molecule has 2 rings (SSSR count). The first kappa shape index (κ1) is 24.0. The van der Waals surface area contributed by atoms with Crippen molar-refractivity contribution in [3.05, 3.63) is 75.8 Å². The fourth-order valence-electron chi connectivity index (χ4n) is 2.69. The molecule has 5 nitrogen and oxygen atoms in total. The number of hydrogen-bond acceptors (Lipinski definition) is 4. The number of rotatable bonds is 9. The highest BCUT2D eigenvalue weighted by molar-refractivity contribution is 9.12. The number of carbonyl (C=O) groups is 1. The Morgan fingerprint density at radius 1 is 1.03 bits per heavy atom. The van der Waals surface area contributed by atoms with E-state index in [-0.39, 0.29) is 27.7 Å². The highest BCUT2D eigenvalue weighted by Crippen LogP contribution is 2.26. The smallest absolute Gasteiger partial charge is 0.285 e. The monoisotopic (exact) mass is 491 g/mol. The lowest BCUT2D eigenvalue weighted by Crippen LogP contribution is -2.16. The molecule has 0 heterocycles. The van der Waals surface area contributed by atoms with Crippen LogP contribution in [0.4, 0.5) is 0 Å². The molecule has 2 aromatic rings. The van der Waals surface area contributed by atoms with Gasteiger partial charge in [-0.05, 0) is 54.8 Å². The zero-order chi connectivity index (χ0) is 22.1. The number of unbranched alkanes of at least 4 members (excludes halogenated alkanes) is 1. The molecule has 0 bridgehead atoms. The maximum Gasteiger partial charge on any atom is 0.285 e. The Kier molecular flexibility index (Phi) is 8.99. The van der Waals surface area contributed by atoms with Gasteiger partial charge in [0.2, 0.25) is 5.90 Å². The van der Waals surface area contributed by atoms with Gasteiger partial charge in [-0.15, -0.1) is 4.40 Å². The van der Waals surface area contributed by atoms with Gasteiger partial charge in [-0.25, -0.2) is 0 Å². The molecule has 0 atom stereocenters. The first-order valence-electron chi connectivity index (χ1n) is 9.83. The molecular weight excluding hydrogens is 466 g/mol. The molecule has 0 aromatic heterocycles. The lowest BCUT2D eigenvalue weighted by molar-refractivity contribution is 0.104. The van der Waals surface area contributed by atoms with E-state index in [1.165, 1.54) is 12.1 Å². The molecule has 0 spiro atoms. The number of allylic oxidation sites excluding steroid dienone is 1. The van der Waals surface area contributed by atoms with Gasteiger partial charge in [-0.2, -0.15) is 8.42 Å². The predicted molar refractivity (Wildman–Crippen MR) is 124 cm³/mol. The molecule has 7 heteroatoms. The predicted octanol–water partition coefficient (Wildman–Crippen LogP) is 5.84. The fraction of sp³-hybridized carbons (Fsp3) is 0.304. The van der Waals surface area contributed by atoms with Gasteiger partial charge in [0.15, 0.2) is 5.78 Å². The maximum atomic E-state index is 13.0. The van der Waals surface area contributed by atoms with Crippen LogP contribution in [-0.4, -0.2) is 26.7 Å². The summed E-state index contributed by atoms with van der Waals surface area (Å²) in [6.45, 7) is 5.87. The standard InChI is InChI=1S/C23H26BrNO4S/c1-4-6-12-20(21(24)22(26)18-10-8-7-9-11-18)23(29-5-2)25-30(27,28)19-15-13-17(3)14-16-19/h7-11,13-16H,4-6,12H2,1-3H3/b21-20+,25-23-. The number of hydrogen-bond donors (Lipinski definition) is 0. The van der Waals surface area contributed by atoms with Crippen LogP contribution in [0.25, 0.3) is 0 Å². The average Bonchev–Trinajstić information content (AvgIpc) is 2.74. The number of nitrogens with zero attached hydrogens (tertiary/aromatic N) is 1. The molecule has 0 fully saturated rings. The minimum Gasteiger partial charge on any atom is -0.477 e. The van der Waals surface area contributed by atoms with E-state index in [4.69, 9.17) is 4.74 Å². The summed E-state index contributed by atoms with van der Waals surface area (Å²) in [7, 11) is -4.00. The van der Waals surface area contributed by atoms with Crippen molar-refractivity contribution in [3.63, 3.8) is 0 Å². The third-order valence-electron chi connectivity index (χ3n) is 4.34. The number of ketones is 1. The molecule has 30 heavy (non-hydrogen) atoms. The van der Waals surface area contributed by atoms with E-state index in [0.717, 1.165) is 18.4 Å². The first-order chi connectivity index (χ1) is 14.3. The van der Waals surface area contributed by atoms with Crippen molar-refractivity contribution in [1.82, 2.24) is 0 Å². The Hall–Kier alpha value is -2.25. The van der Waals surface area contributed by atoms with Crippen molar-refractivity contribution >= 4 is 37.6 Å². The van der Waals surface area contributed by atoms with Crippen LogP contribution in [0, 0.1) is 6.92 Å². The SMILES string of the molecule is CCCCC(/C(=N/S(=O)(=O)c1ccc(C)cc1)OCC)=C(\Br)C(=O)c1ccccc1. The lowest BCUT2D eigenvalue weighted by atomic mass is 10.0. The Morgan fingerprint density at radius 3 is 2.23 bits per heavy atom. The Bertz CT molecular complexity index is 1030. The Labute approximate surface area is 187 Å². The summed E-state index contributed by atoms with van der Waals surface area (Å²) in [5, 5.41) is 0. The molecule has 2 aromatic carbocycles. The van der Waals surface area contributed by atoms with Gasteiger partial charge >= 0.3 is 0 Å². The summed E-state index contributed by atoms with van der Waals surface area (Å²) in [6.07, 6.45) is 2.08. The van der Waals surface area contributed by atoms with Crippen molar-refractivity contribution < 1.29 is 17.9 Å². The van der Waals surface area contributed by atoms with Gasteiger partial charge in [0, 0.05) is 11.1 Å². The summed E-state index contributed by atoms with van der Waals surface area (Å²) >= 11 is 3.40. The van der Waals surface area contributed by atoms with E-state index in [0.29, 0.717) is 17.6 Å². The third kappa shape index (κ3) is 6.37. The summed E-state index contributed by atoms with van der Waals surface area (Å²) in [4.78, 5) is 13.0. The van der Waals surface area contributed by atoms with Gasteiger partial charge in [-0.3, -0.25) is 4.79 Å². The highest BCUT2D eigenvalue weighted by atomic mass is 79.9. The van der Waals surface area contributed by atoms with Gasteiger partial charge in [0.1, 0.15) is 0 Å². The first-order valence-corrected chi connectivity index (χ1v) is 12.1. The average molecular weight is 492 g/mol.